The molecule has 0 amide bonds. The van der Waals surface area contributed by atoms with Crippen LogP contribution >= 0.6 is 11.8 Å². The molecule has 0 N–H and O–H groups in total. The van der Waals surface area contributed by atoms with Crippen molar-refractivity contribution in [3.63, 3.8) is 0 Å². The second-order valence-electron chi connectivity index (χ2n) is 4.35. The van der Waals surface area contributed by atoms with Gasteiger partial charge in [0, 0.05) is 9.79 Å². The molecule has 1 aliphatic rings. The minimum absolute atomic E-state index is 0.618. The number of hydrogen-bond acceptors (Lipinski definition) is 1. The minimum Gasteiger partial charge on any atom is -0.0895 e. The van der Waals surface area contributed by atoms with Crippen LogP contribution in [0.2, 0.25) is 0 Å². The summed E-state index contributed by atoms with van der Waals surface area (Å²) in [5.74, 6) is 0.618. The van der Waals surface area contributed by atoms with Crippen molar-refractivity contribution in [3.8, 4) is 0 Å². The maximum absolute atomic E-state index is 2.32. The molecule has 0 nitrogen and oxygen atoms in total. The van der Waals surface area contributed by atoms with E-state index in [1.54, 1.807) is 0 Å². The fourth-order valence-electron chi connectivity index (χ4n) is 2.31. The van der Waals surface area contributed by atoms with Gasteiger partial charge in [0.2, 0.25) is 0 Å². The highest BCUT2D eigenvalue weighted by atomic mass is 32.2. The van der Waals surface area contributed by atoms with Gasteiger partial charge in [-0.3, -0.25) is 0 Å². The molecule has 1 heterocycles. The molecule has 0 fully saturated rings. The van der Waals surface area contributed by atoms with Gasteiger partial charge in [0.1, 0.15) is 0 Å². The van der Waals surface area contributed by atoms with Gasteiger partial charge in [0.05, 0.1) is 0 Å². The van der Waals surface area contributed by atoms with Crippen molar-refractivity contribution >= 4 is 11.8 Å². The summed E-state index contributed by atoms with van der Waals surface area (Å²) in [6.45, 7) is 10.3. The van der Waals surface area contributed by atoms with E-state index in [0.717, 1.165) is 6.42 Å². The zero-order valence-electron chi connectivity index (χ0n) is 13.3. The Bertz CT molecular complexity index is 517. The molecular weight excluding hydrogens is 260 g/mol. The fourth-order valence-corrected chi connectivity index (χ4v) is 3.51. The summed E-state index contributed by atoms with van der Waals surface area (Å²) in [4.78, 5) is 2.83. The molecule has 108 valence electrons. The third-order valence-corrected chi connectivity index (χ3v) is 4.38. The van der Waals surface area contributed by atoms with Gasteiger partial charge in [-0.1, -0.05) is 82.8 Å². The standard InChI is InChI=1S/C15H14S.2C2H6/c1-11-10-12-6-2-4-8-14(12)16-15-9-5-3-7-13(11)15;2*1-2/h2-9,11H,10H2,1H3;2*1-2H3. The topological polar surface area (TPSA) is 0 Å². The molecule has 0 saturated heterocycles. The summed E-state index contributed by atoms with van der Waals surface area (Å²) in [5, 5.41) is 0. The molecule has 0 bridgehead atoms. The third kappa shape index (κ3) is 3.89. The highest BCUT2D eigenvalue weighted by Gasteiger charge is 2.18. The molecule has 3 rings (SSSR count). The molecule has 20 heavy (non-hydrogen) atoms. The van der Waals surface area contributed by atoms with Crippen molar-refractivity contribution in [2.24, 2.45) is 0 Å². The van der Waals surface area contributed by atoms with E-state index in [9.17, 15) is 0 Å². The Morgan fingerprint density at radius 2 is 1.35 bits per heavy atom. The first kappa shape index (κ1) is 16.8. The van der Waals surface area contributed by atoms with E-state index in [2.05, 4.69) is 55.5 Å². The van der Waals surface area contributed by atoms with E-state index in [1.807, 2.05) is 39.5 Å². The highest BCUT2D eigenvalue weighted by molar-refractivity contribution is 7.99. The summed E-state index contributed by atoms with van der Waals surface area (Å²) in [5.41, 5.74) is 2.97. The van der Waals surface area contributed by atoms with Gasteiger partial charge in [-0.2, -0.15) is 0 Å². The Morgan fingerprint density at radius 1 is 0.800 bits per heavy atom. The maximum Gasteiger partial charge on any atom is 0.0157 e. The van der Waals surface area contributed by atoms with Crippen LogP contribution in [-0.2, 0) is 6.42 Å². The van der Waals surface area contributed by atoms with E-state index in [-0.39, 0.29) is 0 Å². The third-order valence-electron chi connectivity index (χ3n) is 3.17. The van der Waals surface area contributed by atoms with Crippen LogP contribution in [0.5, 0.6) is 0 Å². The second-order valence-corrected chi connectivity index (χ2v) is 5.44. The van der Waals surface area contributed by atoms with Crippen LogP contribution in [0.15, 0.2) is 58.3 Å². The first-order valence-corrected chi connectivity index (χ1v) is 8.51. The van der Waals surface area contributed by atoms with Crippen molar-refractivity contribution in [1.29, 1.82) is 0 Å². The molecule has 2 aromatic carbocycles. The zero-order chi connectivity index (χ0) is 15.0. The Labute approximate surface area is 128 Å². The summed E-state index contributed by atoms with van der Waals surface area (Å²) in [6.07, 6.45) is 1.15. The van der Waals surface area contributed by atoms with Gasteiger partial charge in [0.25, 0.3) is 0 Å². The zero-order valence-corrected chi connectivity index (χ0v) is 14.1. The lowest BCUT2D eigenvalue weighted by Gasteiger charge is -2.11. The van der Waals surface area contributed by atoms with Gasteiger partial charge in [-0.25, -0.2) is 0 Å². The number of benzene rings is 2. The van der Waals surface area contributed by atoms with E-state index in [4.69, 9.17) is 0 Å². The van der Waals surface area contributed by atoms with Crippen molar-refractivity contribution in [1.82, 2.24) is 0 Å². The van der Waals surface area contributed by atoms with Crippen LogP contribution < -0.4 is 0 Å². The van der Waals surface area contributed by atoms with Crippen molar-refractivity contribution in [3.05, 3.63) is 59.7 Å². The number of hydrogen-bond donors (Lipinski definition) is 0. The molecule has 0 saturated carbocycles. The number of fused-ring (bicyclic) bond motifs is 2. The fraction of sp³-hybridized carbons (Fsp3) is 0.368. The van der Waals surface area contributed by atoms with Gasteiger partial charge < -0.3 is 0 Å². The Kier molecular flexibility index (Phi) is 7.46. The molecule has 1 unspecified atom stereocenters. The predicted octanol–water partition coefficient (Wildman–Crippen LogP) is 6.55. The molecule has 0 spiro atoms. The molecule has 1 atom stereocenters. The van der Waals surface area contributed by atoms with Crippen molar-refractivity contribution in [2.75, 3.05) is 0 Å². The lowest BCUT2D eigenvalue weighted by molar-refractivity contribution is 0.741. The first-order chi connectivity index (χ1) is 9.84. The monoisotopic (exact) mass is 286 g/mol. The van der Waals surface area contributed by atoms with E-state index < -0.39 is 0 Å². The molecular formula is C19H26S. The highest BCUT2D eigenvalue weighted by Crippen LogP contribution is 2.40. The molecule has 2 aromatic rings. The molecule has 1 aliphatic heterocycles. The maximum atomic E-state index is 2.32. The second kappa shape index (κ2) is 8.86. The average molecular weight is 286 g/mol. The quantitative estimate of drug-likeness (QED) is 0.529. The average Bonchev–Trinajstić information content (AvgIpc) is 2.67. The molecule has 0 radical (unpaired) electrons. The van der Waals surface area contributed by atoms with Crippen LogP contribution in [0, 0.1) is 0 Å². The Hall–Kier alpha value is -1.21. The van der Waals surface area contributed by atoms with Gasteiger partial charge in [-0.15, -0.1) is 0 Å². The van der Waals surface area contributed by atoms with Gasteiger partial charge in [-0.05, 0) is 35.6 Å². The molecule has 0 aliphatic carbocycles. The van der Waals surface area contributed by atoms with Crippen molar-refractivity contribution < 1.29 is 0 Å². The number of rotatable bonds is 0. The summed E-state index contributed by atoms with van der Waals surface area (Å²) in [6, 6.07) is 17.5. The van der Waals surface area contributed by atoms with Crippen LogP contribution in [0.4, 0.5) is 0 Å². The lowest BCUT2D eigenvalue weighted by atomic mass is 9.94. The smallest absolute Gasteiger partial charge is 0.0157 e. The van der Waals surface area contributed by atoms with Crippen LogP contribution in [0.25, 0.3) is 0 Å². The van der Waals surface area contributed by atoms with Crippen molar-refractivity contribution in [2.45, 2.75) is 56.7 Å². The predicted molar refractivity (Wildman–Crippen MR) is 91.8 cm³/mol. The first-order valence-electron chi connectivity index (χ1n) is 7.69. The Morgan fingerprint density at radius 3 is 2.05 bits per heavy atom. The Balaban J connectivity index is 0.000000461. The van der Waals surface area contributed by atoms with E-state index in [1.165, 1.54) is 20.9 Å². The largest absolute Gasteiger partial charge is 0.0895 e. The SMILES string of the molecule is CC.CC.CC1Cc2ccccc2Sc2ccccc21. The van der Waals surface area contributed by atoms with E-state index in [0.29, 0.717) is 5.92 Å². The van der Waals surface area contributed by atoms with Crippen LogP contribution in [0.1, 0.15) is 51.7 Å². The minimum atomic E-state index is 0.618. The summed E-state index contributed by atoms with van der Waals surface area (Å²) < 4.78 is 0. The van der Waals surface area contributed by atoms with Crippen LogP contribution in [-0.4, -0.2) is 0 Å². The van der Waals surface area contributed by atoms with Crippen LogP contribution in [0.3, 0.4) is 0 Å². The van der Waals surface area contributed by atoms with Gasteiger partial charge in [0.15, 0.2) is 0 Å². The van der Waals surface area contributed by atoms with Gasteiger partial charge >= 0.3 is 0 Å². The molecule has 0 aromatic heterocycles. The normalized spacial score (nSPS) is 15.3. The molecule has 1 heteroatoms. The van der Waals surface area contributed by atoms with E-state index >= 15 is 0 Å². The summed E-state index contributed by atoms with van der Waals surface area (Å²) >= 11 is 1.91. The lowest BCUT2D eigenvalue weighted by Crippen LogP contribution is -1.97. The summed E-state index contributed by atoms with van der Waals surface area (Å²) in [7, 11) is 0.